The molecule has 0 aliphatic heterocycles. The number of rotatable bonds is 14. The molecule has 0 spiro atoms. The Morgan fingerprint density at radius 3 is 1.88 bits per heavy atom. The Kier molecular flexibility index (Phi) is 12.2. The van der Waals surface area contributed by atoms with Crippen molar-refractivity contribution in [1.82, 2.24) is 5.32 Å². The molecule has 0 radical (unpaired) electrons. The van der Waals surface area contributed by atoms with Crippen molar-refractivity contribution in [3.8, 4) is 0 Å². The van der Waals surface area contributed by atoms with Crippen molar-refractivity contribution in [2.75, 3.05) is 0 Å². The minimum Gasteiger partial charge on any atom is -0.350 e. The lowest BCUT2D eigenvalue weighted by molar-refractivity contribution is -0.121. The van der Waals surface area contributed by atoms with Crippen molar-refractivity contribution in [3.05, 3.63) is 35.9 Å². The molecule has 0 bridgehead atoms. The second-order valence-corrected chi connectivity index (χ2v) is 6.99. The van der Waals surface area contributed by atoms with Gasteiger partial charge in [-0.15, -0.1) is 0 Å². The van der Waals surface area contributed by atoms with Crippen LogP contribution in [0.3, 0.4) is 0 Å². The van der Waals surface area contributed by atoms with Crippen LogP contribution < -0.4 is 5.32 Å². The molecule has 1 aromatic rings. The molecule has 1 N–H and O–H groups in total. The second-order valence-electron chi connectivity index (χ2n) is 6.99. The van der Waals surface area contributed by atoms with Gasteiger partial charge in [-0.1, -0.05) is 101 Å². The molecule has 0 heterocycles. The van der Waals surface area contributed by atoms with E-state index >= 15 is 0 Å². The Bertz CT molecular complexity index is 415. The van der Waals surface area contributed by atoms with Gasteiger partial charge in [-0.3, -0.25) is 4.79 Å². The summed E-state index contributed by atoms with van der Waals surface area (Å²) in [5.41, 5.74) is 1.17. The van der Waals surface area contributed by atoms with Crippen LogP contribution in [0, 0.1) is 0 Å². The summed E-state index contributed by atoms with van der Waals surface area (Å²) in [6.07, 6.45) is 15.2. The molecule has 24 heavy (non-hydrogen) atoms. The van der Waals surface area contributed by atoms with Gasteiger partial charge < -0.3 is 5.32 Å². The summed E-state index contributed by atoms with van der Waals surface area (Å²) in [5.74, 6) is 0.183. The molecule has 1 amide bonds. The minimum absolute atomic E-state index is 0.103. The number of carbonyl (C=O) groups excluding carboxylic acids is 1. The topological polar surface area (TPSA) is 29.1 Å². The molecular formula is C22H37NO. The van der Waals surface area contributed by atoms with E-state index in [-0.39, 0.29) is 11.9 Å². The molecule has 0 fully saturated rings. The Labute approximate surface area is 149 Å². The van der Waals surface area contributed by atoms with Crippen molar-refractivity contribution in [2.45, 2.75) is 96.9 Å². The molecule has 0 aromatic heterocycles. The van der Waals surface area contributed by atoms with Crippen LogP contribution in [-0.4, -0.2) is 5.91 Å². The maximum Gasteiger partial charge on any atom is 0.220 e. The van der Waals surface area contributed by atoms with Crippen LogP contribution in [0.4, 0.5) is 0 Å². The highest BCUT2D eigenvalue weighted by Gasteiger charge is 2.08. The maximum atomic E-state index is 12.0. The first-order chi connectivity index (χ1) is 11.7. The molecule has 0 saturated heterocycles. The van der Waals surface area contributed by atoms with Gasteiger partial charge in [0.2, 0.25) is 5.91 Å². The number of hydrogen-bond donors (Lipinski definition) is 1. The standard InChI is InChI=1S/C22H37NO/c1-3-4-5-6-7-8-9-10-11-12-16-19-22(24)23-20(2)21-17-14-13-15-18-21/h13-15,17-18,20H,3-12,16,19H2,1-2H3,(H,23,24). The summed E-state index contributed by atoms with van der Waals surface area (Å²) in [5, 5.41) is 3.09. The minimum atomic E-state index is 0.103. The quantitative estimate of drug-likeness (QED) is 0.384. The van der Waals surface area contributed by atoms with Crippen LogP contribution in [0.2, 0.25) is 0 Å². The lowest BCUT2D eigenvalue weighted by atomic mass is 10.0. The lowest BCUT2D eigenvalue weighted by Crippen LogP contribution is -2.26. The van der Waals surface area contributed by atoms with Crippen LogP contribution >= 0.6 is 0 Å². The Hall–Kier alpha value is -1.31. The summed E-state index contributed by atoms with van der Waals surface area (Å²) in [6, 6.07) is 10.3. The van der Waals surface area contributed by atoms with Crippen LogP contribution in [0.5, 0.6) is 0 Å². The first-order valence-corrected chi connectivity index (χ1v) is 10.1. The highest BCUT2D eigenvalue weighted by Crippen LogP contribution is 2.13. The fourth-order valence-electron chi connectivity index (χ4n) is 3.09. The Balaban J connectivity index is 1.93. The molecule has 1 rings (SSSR count). The molecule has 1 atom stereocenters. The zero-order valence-electron chi connectivity index (χ0n) is 15.9. The molecule has 0 saturated carbocycles. The van der Waals surface area contributed by atoms with Crippen molar-refractivity contribution in [3.63, 3.8) is 0 Å². The van der Waals surface area contributed by atoms with E-state index in [0.29, 0.717) is 6.42 Å². The first-order valence-electron chi connectivity index (χ1n) is 10.1. The summed E-state index contributed by atoms with van der Waals surface area (Å²) in [6.45, 7) is 4.32. The van der Waals surface area contributed by atoms with E-state index in [1.54, 1.807) is 0 Å². The molecule has 0 aliphatic carbocycles. The van der Waals surface area contributed by atoms with Crippen LogP contribution in [0.1, 0.15) is 103 Å². The average molecular weight is 332 g/mol. The Morgan fingerprint density at radius 2 is 1.33 bits per heavy atom. The average Bonchev–Trinajstić information content (AvgIpc) is 2.60. The maximum absolute atomic E-state index is 12.0. The summed E-state index contributed by atoms with van der Waals surface area (Å²) < 4.78 is 0. The highest BCUT2D eigenvalue weighted by atomic mass is 16.1. The number of nitrogens with one attached hydrogen (secondary N) is 1. The van der Waals surface area contributed by atoms with E-state index in [1.807, 2.05) is 25.1 Å². The van der Waals surface area contributed by atoms with Crippen molar-refractivity contribution < 1.29 is 4.79 Å². The summed E-state index contributed by atoms with van der Waals surface area (Å²) in [4.78, 5) is 12.0. The van der Waals surface area contributed by atoms with Gasteiger partial charge in [0.1, 0.15) is 0 Å². The van der Waals surface area contributed by atoms with E-state index < -0.39 is 0 Å². The number of amides is 1. The molecule has 136 valence electrons. The van der Waals surface area contributed by atoms with Gasteiger partial charge in [0.05, 0.1) is 6.04 Å². The van der Waals surface area contributed by atoms with Crippen molar-refractivity contribution in [1.29, 1.82) is 0 Å². The molecule has 1 aromatic carbocycles. The van der Waals surface area contributed by atoms with Gasteiger partial charge in [0, 0.05) is 6.42 Å². The number of carbonyl (C=O) groups is 1. The molecule has 0 aliphatic rings. The van der Waals surface area contributed by atoms with E-state index in [4.69, 9.17) is 0 Å². The third-order valence-corrected chi connectivity index (χ3v) is 4.68. The predicted molar refractivity (Wildman–Crippen MR) is 104 cm³/mol. The molecular weight excluding hydrogens is 294 g/mol. The molecule has 1 unspecified atom stereocenters. The van der Waals surface area contributed by atoms with E-state index in [1.165, 1.54) is 69.8 Å². The lowest BCUT2D eigenvalue weighted by Gasteiger charge is -2.14. The zero-order chi connectivity index (χ0) is 17.5. The van der Waals surface area contributed by atoms with Gasteiger partial charge >= 0.3 is 0 Å². The van der Waals surface area contributed by atoms with E-state index in [2.05, 4.69) is 24.4 Å². The van der Waals surface area contributed by atoms with Gasteiger partial charge in [0.15, 0.2) is 0 Å². The van der Waals surface area contributed by atoms with Crippen LogP contribution in [0.15, 0.2) is 30.3 Å². The predicted octanol–water partition coefficient (Wildman–Crippen LogP) is 6.56. The number of unbranched alkanes of at least 4 members (excludes halogenated alkanes) is 10. The fraction of sp³-hybridized carbons (Fsp3) is 0.682. The molecule has 2 nitrogen and oxygen atoms in total. The van der Waals surface area contributed by atoms with E-state index in [0.717, 1.165) is 6.42 Å². The van der Waals surface area contributed by atoms with Gasteiger partial charge in [-0.25, -0.2) is 0 Å². The van der Waals surface area contributed by atoms with E-state index in [9.17, 15) is 4.79 Å². The highest BCUT2D eigenvalue weighted by molar-refractivity contribution is 5.76. The number of benzene rings is 1. The van der Waals surface area contributed by atoms with Crippen molar-refractivity contribution in [2.24, 2.45) is 0 Å². The third kappa shape index (κ3) is 10.5. The normalized spacial score (nSPS) is 12.1. The SMILES string of the molecule is CCCCCCCCCCCCCC(=O)NC(C)c1ccccc1. The first kappa shape index (κ1) is 20.7. The molecule has 2 heteroatoms. The Morgan fingerprint density at radius 1 is 0.833 bits per heavy atom. The smallest absolute Gasteiger partial charge is 0.220 e. The van der Waals surface area contributed by atoms with Gasteiger partial charge in [-0.05, 0) is 18.9 Å². The van der Waals surface area contributed by atoms with Gasteiger partial charge in [0.25, 0.3) is 0 Å². The number of hydrogen-bond acceptors (Lipinski definition) is 1. The summed E-state index contributed by atoms with van der Waals surface area (Å²) in [7, 11) is 0. The third-order valence-electron chi connectivity index (χ3n) is 4.68. The van der Waals surface area contributed by atoms with Crippen LogP contribution in [-0.2, 0) is 4.79 Å². The second kappa shape index (κ2) is 14.1. The zero-order valence-corrected chi connectivity index (χ0v) is 15.9. The largest absolute Gasteiger partial charge is 0.350 e. The van der Waals surface area contributed by atoms with Crippen molar-refractivity contribution >= 4 is 5.91 Å². The fourth-order valence-corrected chi connectivity index (χ4v) is 3.09. The van der Waals surface area contributed by atoms with Crippen LogP contribution in [0.25, 0.3) is 0 Å². The van der Waals surface area contributed by atoms with Gasteiger partial charge in [-0.2, -0.15) is 0 Å². The summed E-state index contributed by atoms with van der Waals surface area (Å²) >= 11 is 0. The monoisotopic (exact) mass is 331 g/mol.